The maximum Gasteiger partial charge on any atom is 0.319 e. The Morgan fingerprint density at radius 3 is 2.85 bits per heavy atom. The lowest BCUT2D eigenvalue weighted by Gasteiger charge is -2.13. The van der Waals surface area contributed by atoms with Crippen LogP contribution < -0.4 is 5.56 Å². The Labute approximate surface area is 164 Å². The molecule has 0 aliphatic carbocycles. The van der Waals surface area contributed by atoms with E-state index in [0.29, 0.717) is 27.6 Å². The average Bonchev–Trinajstić information content (AvgIpc) is 3.11. The first kappa shape index (κ1) is 19.8. The Morgan fingerprint density at radius 2 is 2.11 bits per heavy atom. The second-order valence-electron chi connectivity index (χ2n) is 6.04. The van der Waals surface area contributed by atoms with Gasteiger partial charge in [-0.3, -0.25) is 13.9 Å². The second kappa shape index (κ2) is 8.84. The first-order valence-corrected chi connectivity index (χ1v) is 10.0. The first-order chi connectivity index (χ1) is 13.0. The van der Waals surface area contributed by atoms with Gasteiger partial charge in [-0.05, 0) is 24.6 Å². The molecule has 3 rings (SSSR count). The zero-order chi connectivity index (χ0) is 19.4. The van der Waals surface area contributed by atoms with Crippen LogP contribution in [0.25, 0.3) is 10.9 Å². The van der Waals surface area contributed by atoms with Crippen molar-refractivity contribution in [2.24, 2.45) is 0 Å². The summed E-state index contributed by atoms with van der Waals surface area (Å²) in [6, 6.07) is 4.97. The largest absolute Gasteiger partial charge is 0.319 e. The molecule has 0 amide bonds. The molecule has 0 unspecified atom stereocenters. The number of imidazole rings is 1. The molecular formula is C18H19ClF2N4OS. The lowest BCUT2D eigenvalue weighted by atomic mass is 10.2. The fraction of sp³-hybridized carbons (Fsp3) is 0.389. The molecule has 0 aliphatic heterocycles. The van der Waals surface area contributed by atoms with Crippen LogP contribution in [0.15, 0.2) is 40.5 Å². The third-order valence-electron chi connectivity index (χ3n) is 4.16. The number of alkyl halides is 2. The minimum absolute atomic E-state index is 0.146. The van der Waals surface area contributed by atoms with Gasteiger partial charge in [0.15, 0.2) is 5.16 Å². The van der Waals surface area contributed by atoms with Gasteiger partial charge >= 0.3 is 6.55 Å². The molecule has 3 aromatic rings. The molecule has 2 aromatic heterocycles. The molecule has 0 N–H and O–H groups in total. The van der Waals surface area contributed by atoms with Gasteiger partial charge < -0.3 is 0 Å². The van der Waals surface area contributed by atoms with Gasteiger partial charge in [-0.1, -0.05) is 43.1 Å². The third kappa shape index (κ3) is 4.50. The van der Waals surface area contributed by atoms with Crippen LogP contribution in [0, 0.1) is 0 Å². The van der Waals surface area contributed by atoms with Crippen molar-refractivity contribution in [1.29, 1.82) is 0 Å². The SMILES string of the molecule is CCCCCn1c(SCc2nccn2C(F)F)nc2cc(Cl)ccc2c1=O. The van der Waals surface area contributed by atoms with Crippen molar-refractivity contribution in [2.75, 3.05) is 0 Å². The average molecular weight is 413 g/mol. The van der Waals surface area contributed by atoms with E-state index in [2.05, 4.69) is 16.9 Å². The number of nitrogens with zero attached hydrogens (tertiary/aromatic N) is 4. The summed E-state index contributed by atoms with van der Waals surface area (Å²) in [5.74, 6) is 0.416. The van der Waals surface area contributed by atoms with Crippen LogP contribution in [0.5, 0.6) is 0 Å². The fourth-order valence-electron chi connectivity index (χ4n) is 2.76. The molecule has 0 fully saturated rings. The summed E-state index contributed by atoms with van der Waals surface area (Å²) in [6.07, 6.45) is 5.44. The number of fused-ring (bicyclic) bond motifs is 1. The lowest BCUT2D eigenvalue weighted by molar-refractivity contribution is 0.0678. The Balaban J connectivity index is 1.96. The van der Waals surface area contributed by atoms with Crippen LogP contribution in [-0.4, -0.2) is 19.1 Å². The zero-order valence-electron chi connectivity index (χ0n) is 14.7. The van der Waals surface area contributed by atoms with Gasteiger partial charge in [0.05, 0.1) is 16.7 Å². The number of unbranched alkanes of at least 4 members (excludes halogenated alkanes) is 2. The van der Waals surface area contributed by atoms with Crippen LogP contribution in [0.4, 0.5) is 8.78 Å². The molecule has 144 valence electrons. The number of rotatable bonds is 8. The van der Waals surface area contributed by atoms with Crippen LogP contribution in [0.3, 0.4) is 0 Å². The van der Waals surface area contributed by atoms with Crippen LogP contribution >= 0.6 is 23.4 Å². The smallest absolute Gasteiger partial charge is 0.287 e. The van der Waals surface area contributed by atoms with Crippen molar-refractivity contribution < 1.29 is 8.78 Å². The standard InChI is InChI=1S/C18H19ClF2N4OS/c1-2-3-4-8-25-16(26)13-6-5-12(19)10-14(13)23-18(25)27-11-15-22-7-9-24(15)17(20)21/h5-7,9-10,17H,2-4,8,11H2,1H3. The van der Waals surface area contributed by atoms with Crippen molar-refractivity contribution in [3.63, 3.8) is 0 Å². The highest BCUT2D eigenvalue weighted by Crippen LogP contribution is 2.25. The molecule has 9 heteroatoms. The van der Waals surface area contributed by atoms with Crippen LogP contribution in [0.2, 0.25) is 5.02 Å². The molecule has 0 saturated heterocycles. The highest BCUT2D eigenvalue weighted by Gasteiger charge is 2.15. The minimum atomic E-state index is -2.65. The normalized spacial score (nSPS) is 11.6. The van der Waals surface area contributed by atoms with Gasteiger partial charge in [0.1, 0.15) is 5.82 Å². The van der Waals surface area contributed by atoms with Crippen molar-refractivity contribution in [3.05, 3.63) is 51.8 Å². The maximum atomic E-state index is 13.0. The molecule has 0 atom stereocenters. The van der Waals surface area contributed by atoms with E-state index in [1.165, 1.54) is 24.2 Å². The Bertz CT molecular complexity index is 989. The van der Waals surface area contributed by atoms with E-state index in [0.717, 1.165) is 23.8 Å². The number of benzene rings is 1. The fourth-order valence-corrected chi connectivity index (χ4v) is 3.90. The van der Waals surface area contributed by atoms with E-state index < -0.39 is 6.55 Å². The lowest BCUT2D eigenvalue weighted by Crippen LogP contribution is -2.23. The topological polar surface area (TPSA) is 52.7 Å². The molecule has 5 nitrogen and oxygen atoms in total. The van der Waals surface area contributed by atoms with Crippen LogP contribution in [0.1, 0.15) is 38.6 Å². The van der Waals surface area contributed by atoms with Crippen molar-refractivity contribution >= 4 is 34.3 Å². The molecule has 0 spiro atoms. The molecule has 0 radical (unpaired) electrons. The van der Waals surface area contributed by atoms with Gasteiger partial charge in [-0.15, -0.1) is 0 Å². The van der Waals surface area contributed by atoms with Crippen molar-refractivity contribution in [3.8, 4) is 0 Å². The number of hydrogen-bond donors (Lipinski definition) is 0. The van der Waals surface area contributed by atoms with Crippen molar-refractivity contribution in [1.82, 2.24) is 19.1 Å². The predicted octanol–water partition coefficient (Wildman–Crippen LogP) is 5.12. The number of hydrogen-bond acceptors (Lipinski definition) is 4. The van der Waals surface area contributed by atoms with Crippen LogP contribution in [-0.2, 0) is 12.3 Å². The summed E-state index contributed by atoms with van der Waals surface area (Å²) < 4.78 is 28.5. The molecule has 1 aromatic carbocycles. The quantitative estimate of drug-likeness (QED) is 0.292. The Morgan fingerprint density at radius 1 is 1.30 bits per heavy atom. The second-order valence-corrected chi connectivity index (χ2v) is 7.42. The number of aromatic nitrogens is 4. The molecular weight excluding hydrogens is 394 g/mol. The van der Waals surface area contributed by atoms with E-state index in [-0.39, 0.29) is 17.1 Å². The maximum absolute atomic E-state index is 13.0. The van der Waals surface area contributed by atoms with Gasteiger partial charge in [0.2, 0.25) is 0 Å². The summed E-state index contributed by atoms with van der Waals surface area (Å²) in [7, 11) is 0. The molecule has 0 aliphatic rings. The zero-order valence-corrected chi connectivity index (χ0v) is 16.3. The molecule has 2 heterocycles. The van der Waals surface area contributed by atoms with Gasteiger partial charge in [-0.25, -0.2) is 9.97 Å². The Kier molecular flexibility index (Phi) is 6.49. The monoisotopic (exact) mass is 412 g/mol. The highest BCUT2D eigenvalue weighted by atomic mass is 35.5. The van der Waals surface area contributed by atoms with Crippen molar-refractivity contribution in [2.45, 2.75) is 50.2 Å². The van der Waals surface area contributed by atoms with Gasteiger partial charge in [0, 0.05) is 24.0 Å². The van der Waals surface area contributed by atoms with E-state index >= 15 is 0 Å². The van der Waals surface area contributed by atoms with E-state index in [1.807, 2.05) is 0 Å². The molecule has 0 saturated carbocycles. The first-order valence-electron chi connectivity index (χ1n) is 8.64. The van der Waals surface area contributed by atoms with Gasteiger partial charge in [-0.2, -0.15) is 8.78 Å². The summed E-state index contributed by atoms with van der Waals surface area (Å²) in [5, 5.41) is 1.46. The number of halogens is 3. The summed E-state index contributed by atoms with van der Waals surface area (Å²) in [6.45, 7) is -0.0363. The minimum Gasteiger partial charge on any atom is -0.287 e. The summed E-state index contributed by atoms with van der Waals surface area (Å²) in [5.41, 5.74) is 0.353. The number of thioether (sulfide) groups is 1. The predicted molar refractivity (Wildman–Crippen MR) is 104 cm³/mol. The van der Waals surface area contributed by atoms with Gasteiger partial charge in [0.25, 0.3) is 5.56 Å². The Hall–Kier alpha value is -1.93. The molecule has 0 bridgehead atoms. The summed E-state index contributed by atoms with van der Waals surface area (Å²) in [4.78, 5) is 21.5. The highest BCUT2D eigenvalue weighted by molar-refractivity contribution is 7.98. The van der Waals surface area contributed by atoms with E-state index in [4.69, 9.17) is 11.6 Å². The van der Waals surface area contributed by atoms with E-state index in [9.17, 15) is 13.6 Å². The van der Waals surface area contributed by atoms with E-state index in [1.54, 1.807) is 22.8 Å². The molecule has 27 heavy (non-hydrogen) atoms. The third-order valence-corrected chi connectivity index (χ3v) is 5.36. The summed E-state index contributed by atoms with van der Waals surface area (Å²) >= 11 is 7.25.